The standard InChI is InChI=1S/C28H31N5O5/c1-15-6-8-20-22(32(15)28(37)38-2)10-11-23-24(20)30-26(33(23)19-5-3-4-17(13-19)27(35)36)25(34)16-7-9-21-18(12-16)14-29-31-21/h7,9-12,14-15,17,19,25,34H,3-6,8,13H2,1-2H3,(H,29,31)(H,35,36)/t15-,17+,19+,25-/m0/s1. The fourth-order valence-electron chi connectivity index (χ4n) is 6.27. The van der Waals surface area contributed by atoms with E-state index in [0.717, 1.165) is 58.9 Å². The van der Waals surface area contributed by atoms with Gasteiger partial charge in [-0.3, -0.25) is 14.8 Å². The molecular weight excluding hydrogens is 486 g/mol. The van der Waals surface area contributed by atoms with E-state index in [4.69, 9.17) is 9.72 Å². The molecule has 0 radical (unpaired) electrons. The number of anilines is 1. The van der Waals surface area contributed by atoms with Crippen molar-refractivity contribution in [3.63, 3.8) is 0 Å². The number of imidazole rings is 1. The number of rotatable bonds is 4. The summed E-state index contributed by atoms with van der Waals surface area (Å²) in [5.41, 5.74) is 4.84. The quantitative estimate of drug-likeness (QED) is 0.357. The molecule has 1 aliphatic carbocycles. The highest BCUT2D eigenvalue weighted by Crippen LogP contribution is 2.42. The Balaban J connectivity index is 1.53. The van der Waals surface area contributed by atoms with E-state index in [1.807, 2.05) is 37.3 Å². The molecule has 10 nitrogen and oxygen atoms in total. The Morgan fingerprint density at radius 3 is 2.82 bits per heavy atom. The molecule has 0 bridgehead atoms. The molecule has 3 heterocycles. The predicted molar refractivity (Wildman–Crippen MR) is 141 cm³/mol. The van der Waals surface area contributed by atoms with Crippen LogP contribution in [-0.2, 0) is 16.0 Å². The highest BCUT2D eigenvalue weighted by atomic mass is 16.5. The molecular formula is C28H31N5O5. The Hall–Kier alpha value is -3.92. The van der Waals surface area contributed by atoms with Crippen LogP contribution in [-0.4, -0.2) is 55.2 Å². The molecule has 2 aromatic heterocycles. The lowest BCUT2D eigenvalue weighted by molar-refractivity contribution is -0.143. The van der Waals surface area contributed by atoms with Crippen LogP contribution in [0.5, 0.6) is 0 Å². The van der Waals surface area contributed by atoms with Crippen LogP contribution in [0.15, 0.2) is 36.5 Å². The molecule has 0 unspecified atom stereocenters. The Morgan fingerprint density at radius 1 is 1.18 bits per heavy atom. The van der Waals surface area contributed by atoms with Gasteiger partial charge < -0.3 is 19.5 Å². The lowest BCUT2D eigenvalue weighted by Crippen LogP contribution is -2.42. The van der Waals surface area contributed by atoms with Gasteiger partial charge in [0.1, 0.15) is 11.9 Å². The molecule has 3 N–H and O–H groups in total. The maximum atomic E-state index is 12.6. The third kappa shape index (κ3) is 3.91. The second-order valence-electron chi connectivity index (χ2n) is 10.5. The van der Waals surface area contributed by atoms with Crippen LogP contribution in [0.2, 0.25) is 0 Å². The van der Waals surface area contributed by atoms with Crippen LogP contribution in [0.25, 0.3) is 21.9 Å². The Kier molecular flexibility index (Phi) is 6.06. The number of carboxylic acids is 1. The first-order valence-corrected chi connectivity index (χ1v) is 13.1. The fourth-order valence-corrected chi connectivity index (χ4v) is 6.27. The first-order chi connectivity index (χ1) is 18.4. The first-order valence-electron chi connectivity index (χ1n) is 13.1. The van der Waals surface area contributed by atoms with Gasteiger partial charge in [-0.05, 0) is 68.9 Å². The Morgan fingerprint density at radius 2 is 2.03 bits per heavy atom. The minimum absolute atomic E-state index is 0.0177. The SMILES string of the molecule is COC(=O)N1c2ccc3c(nc([C@@H](O)c4ccc5[nH]ncc5c4)n3[C@@H]3CCC[C@@H](C(=O)O)C3)c2CC[C@@H]1C. The van der Waals surface area contributed by atoms with E-state index in [1.54, 1.807) is 11.1 Å². The molecule has 2 aromatic carbocycles. The number of hydrogen-bond acceptors (Lipinski definition) is 6. The predicted octanol–water partition coefficient (Wildman–Crippen LogP) is 4.72. The Bertz CT molecular complexity index is 1540. The van der Waals surface area contributed by atoms with Gasteiger partial charge in [0, 0.05) is 23.0 Å². The topological polar surface area (TPSA) is 134 Å². The second kappa shape index (κ2) is 9.43. The number of aliphatic hydroxyl groups excluding tert-OH is 1. The average molecular weight is 518 g/mol. The van der Waals surface area contributed by atoms with Crippen molar-refractivity contribution in [3.05, 3.63) is 53.5 Å². The highest BCUT2D eigenvalue weighted by molar-refractivity contribution is 5.95. The molecule has 198 valence electrons. The number of nitrogens with zero attached hydrogens (tertiary/aromatic N) is 4. The van der Waals surface area contributed by atoms with Gasteiger partial charge >= 0.3 is 12.1 Å². The summed E-state index contributed by atoms with van der Waals surface area (Å²) < 4.78 is 7.12. The van der Waals surface area contributed by atoms with Crippen molar-refractivity contribution in [2.24, 2.45) is 5.92 Å². The zero-order chi connectivity index (χ0) is 26.6. The number of carbonyl (C=O) groups is 2. The number of fused-ring (bicyclic) bond motifs is 4. The van der Waals surface area contributed by atoms with E-state index in [2.05, 4.69) is 14.8 Å². The van der Waals surface area contributed by atoms with Crippen molar-refractivity contribution in [2.45, 2.75) is 63.6 Å². The number of nitrogens with one attached hydrogen (secondary N) is 1. The summed E-state index contributed by atoms with van der Waals surface area (Å²) in [5, 5.41) is 29.3. The van der Waals surface area contributed by atoms with E-state index in [9.17, 15) is 19.8 Å². The normalized spacial score (nSPS) is 22.4. The zero-order valence-corrected chi connectivity index (χ0v) is 21.4. The van der Waals surface area contributed by atoms with Gasteiger partial charge in [-0.2, -0.15) is 5.10 Å². The van der Waals surface area contributed by atoms with Crippen LogP contribution in [0, 0.1) is 5.92 Å². The number of carboxylic acid groups (broad SMARTS) is 1. The molecule has 0 saturated heterocycles. The number of methoxy groups -OCH3 is 1. The number of ether oxygens (including phenoxy) is 1. The number of amides is 1. The van der Waals surface area contributed by atoms with Gasteiger partial charge in [-0.1, -0.05) is 12.5 Å². The number of aliphatic hydroxyl groups is 1. The summed E-state index contributed by atoms with van der Waals surface area (Å²) in [5.74, 6) is -0.742. The number of hydrogen-bond donors (Lipinski definition) is 3. The molecule has 4 aromatic rings. The number of aliphatic carboxylic acids is 1. The summed E-state index contributed by atoms with van der Waals surface area (Å²) in [6.07, 6.45) is 4.48. The third-order valence-electron chi connectivity index (χ3n) is 8.24. The van der Waals surface area contributed by atoms with Gasteiger partial charge in [-0.25, -0.2) is 9.78 Å². The lowest BCUT2D eigenvalue weighted by atomic mass is 9.85. The maximum absolute atomic E-state index is 12.6. The lowest BCUT2D eigenvalue weighted by Gasteiger charge is -2.34. The summed E-state index contributed by atoms with van der Waals surface area (Å²) in [4.78, 5) is 31.2. The van der Waals surface area contributed by atoms with Gasteiger partial charge in [0.2, 0.25) is 0 Å². The molecule has 0 spiro atoms. The molecule has 38 heavy (non-hydrogen) atoms. The summed E-state index contributed by atoms with van der Waals surface area (Å²) in [6.45, 7) is 2.00. The molecule has 1 amide bonds. The number of aromatic amines is 1. The minimum Gasteiger partial charge on any atom is -0.481 e. The Labute approximate surface area is 219 Å². The molecule has 6 rings (SSSR count). The molecule has 2 aliphatic rings. The van der Waals surface area contributed by atoms with Gasteiger partial charge in [0.15, 0.2) is 0 Å². The van der Waals surface area contributed by atoms with Crippen molar-refractivity contribution < 1.29 is 24.5 Å². The second-order valence-corrected chi connectivity index (χ2v) is 10.5. The largest absolute Gasteiger partial charge is 0.481 e. The van der Waals surface area contributed by atoms with Gasteiger partial charge in [0.05, 0.1) is 41.5 Å². The number of benzene rings is 2. The molecule has 1 saturated carbocycles. The highest BCUT2D eigenvalue weighted by Gasteiger charge is 2.35. The molecule has 1 fully saturated rings. The number of aryl methyl sites for hydroxylation is 1. The van der Waals surface area contributed by atoms with Crippen molar-refractivity contribution >= 4 is 39.7 Å². The summed E-state index contributed by atoms with van der Waals surface area (Å²) >= 11 is 0. The van der Waals surface area contributed by atoms with E-state index in [-0.39, 0.29) is 12.1 Å². The van der Waals surface area contributed by atoms with Crippen LogP contribution in [0.1, 0.15) is 68.1 Å². The van der Waals surface area contributed by atoms with Crippen LogP contribution >= 0.6 is 0 Å². The fraction of sp³-hybridized carbons (Fsp3) is 0.429. The van der Waals surface area contributed by atoms with Crippen molar-refractivity contribution in [3.8, 4) is 0 Å². The number of carbonyl (C=O) groups excluding carboxylic acids is 1. The summed E-state index contributed by atoms with van der Waals surface area (Å²) in [7, 11) is 1.38. The van der Waals surface area contributed by atoms with Crippen LogP contribution in [0.4, 0.5) is 10.5 Å². The third-order valence-corrected chi connectivity index (χ3v) is 8.24. The van der Waals surface area contributed by atoms with E-state index in [0.29, 0.717) is 24.2 Å². The minimum atomic E-state index is -1.03. The van der Waals surface area contributed by atoms with Crippen molar-refractivity contribution in [2.75, 3.05) is 12.0 Å². The summed E-state index contributed by atoms with van der Waals surface area (Å²) in [6, 6.07) is 9.36. The smallest absolute Gasteiger partial charge is 0.414 e. The number of H-pyrrole nitrogens is 1. The van der Waals surface area contributed by atoms with Crippen molar-refractivity contribution in [1.82, 2.24) is 19.7 Å². The molecule has 1 aliphatic heterocycles. The zero-order valence-electron chi connectivity index (χ0n) is 21.4. The van der Waals surface area contributed by atoms with Gasteiger partial charge in [-0.15, -0.1) is 0 Å². The maximum Gasteiger partial charge on any atom is 0.414 e. The van der Waals surface area contributed by atoms with E-state index >= 15 is 0 Å². The first kappa shape index (κ1) is 24.4. The van der Waals surface area contributed by atoms with Crippen molar-refractivity contribution in [1.29, 1.82) is 0 Å². The molecule has 10 heteroatoms. The molecule has 4 atom stereocenters. The van der Waals surface area contributed by atoms with E-state index in [1.165, 1.54) is 7.11 Å². The number of aromatic nitrogens is 4. The van der Waals surface area contributed by atoms with Crippen LogP contribution in [0.3, 0.4) is 0 Å². The average Bonchev–Trinajstić information content (AvgIpc) is 3.56. The van der Waals surface area contributed by atoms with Gasteiger partial charge in [0.25, 0.3) is 0 Å². The monoisotopic (exact) mass is 517 g/mol. The van der Waals surface area contributed by atoms with Crippen LogP contribution < -0.4 is 4.90 Å². The van der Waals surface area contributed by atoms with E-state index < -0.39 is 24.1 Å².